The summed E-state index contributed by atoms with van der Waals surface area (Å²) in [4.78, 5) is 4.95. The van der Waals surface area contributed by atoms with Crippen LogP contribution in [0.15, 0.2) is 0 Å². The summed E-state index contributed by atoms with van der Waals surface area (Å²) in [6.07, 6.45) is 0. The third-order valence-electron chi connectivity index (χ3n) is 3.64. The molecule has 0 N–H and O–H groups in total. The van der Waals surface area contributed by atoms with Crippen molar-refractivity contribution in [2.45, 2.75) is 79.6 Å². The first kappa shape index (κ1) is 18.9. The average molecular weight is 272 g/mol. The highest BCUT2D eigenvalue weighted by Crippen LogP contribution is 2.05. The van der Waals surface area contributed by atoms with E-state index in [1.807, 2.05) is 0 Å². The minimum atomic E-state index is 0.589. The maximum absolute atomic E-state index is 5.81. The number of hydrogen-bond acceptors (Lipinski definition) is 3. The van der Waals surface area contributed by atoms with Crippen LogP contribution in [0.4, 0.5) is 0 Å². The zero-order chi connectivity index (χ0) is 15.0. The molecule has 0 saturated carbocycles. The van der Waals surface area contributed by atoms with Gasteiger partial charge in [-0.2, -0.15) is 0 Å². The van der Waals surface area contributed by atoms with Gasteiger partial charge >= 0.3 is 0 Å². The van der Waals surface area contributed by atoms with Crippen LogP contribution in [0.5, 0.6) is 0 Å². The molecule has 0 bridgehead atoms. The van der Waals surface area contributed by atoms with E-state index in [2.05, 4.69) is 65.2 Å². The normalized spacial score (nSPS) is 12.9. The second kappa shape index (κ2) is 9.73. The molecule has 0 aromatic carbocycles. The molecule has 0 aromatic heterocycles. The van der Waals surface area contributed by atoms with Gasteiger partial charge < -0.3 is 4.74 Å². The van der Waals surface area contributed by atoms with Crippen molar-refractivity contribution in [2.75, 3.05) is 26.3 Å². The van der Waals surface area contributed by atoms with Crippen LogP contribution < -0.4 is 0 Å². The lowest BCUT2D eigenvalue weighted by Crippen LogP contribution is -2.41. The molecule has 0 aliphatic heterocycles. The minimum absolute atomic E-state index is 0.589. The van der Waals surface area contributed by atoms with Gasteiger partial charge in [0.2, 0.25) is 0 Å². The Labute approximate surface area is 121 Å². The molecular formula is C16H36N2O. The highest BCUT2D eigenvalue weighted by Gasteiger charge is 2.14. The number of hydrogen-bond donors (Lipinski definition) is 0. The van der Waals surface area contributed by atoms with E-state index in [0.717, 1.165) is 26.3 Å². The van der Waals surface area contributed by atoms with Crippen LogP contribution >= 0.6 is 0 Å². The molecule has 19 heavy (non-hydrogen) atoms. The van der Waals surface area contributed by atoms with Crippen LogP contribution in [-0.4, -0.2) is 60.3 Å². The van der Waals surface area contributed by atoms with E-state index >= 15 is 0 Å². The predicted octanol–water partition coefficient (Wildman–Crippen LogP) is 3.24. The lowest BCUT2D eigenvalue weighted by Gasteiger charge is -2.31. The molecule has 0 aliphatic rings. The van der Waals surface area contributed by atoms with E-state index in [1.54, 1.807) is 0 Å². The Morgan fingerprint density at radius 3 is 1.05 bits per heavy atom. The Hall–Kier alpha value is -0.120. The summed E-state index contributed by atoms with van der Waals surface area (Å²) >= 11 is 0. The van der Waals surface area contributed by atoms with Crippen molar-refractivity contribution in [1.82, 2.24) is 9.80 Å². The summed E-state index contributed by atoms with van der Waals surface area (Å²) in [5.74, 6) is 0. The fourth-order valence-electron chi connectivity index (χ4n) is 2.67. The maximum Gasteiger partial charge on any atom is 0.0594 e. The SMILES string of the molecule is CC(C)N(CCOCCN(C(C)C)C(C)C)C(C)C. The lowest BCUT2D eigenvalue weighted by atomic mass is 10.2. The molecule has 0 unspecified atom stereocenters. The van der Waals surface area contributed by atoms with Gasteiger partial charge in [0.1, 0.15) is 0 Å². The van der Waals surface area contributed by atoms with E-state index < -0.39 is 0 Å². The Balaban J connectivity index is 3.85. The lowest BCUT2D eigenvalue weighted by molar-refractivity contribution is 0.0521. The molecule has 0 spiro atoms. The fourth-order valence-corrected chi connectivity index (χ4v) is 2.67. The van der Waals surface area contributed by atoms with Crippen LogP contribution in [0.25, 0.3) is 0 Å². The molecule has 3 heteroatoms. The van der Waals surface area contributed by atoms with E-state index in [1.165, 1.54) is 0 Å². The molecule has 0 atom stereocenters. The van der Waals surface area contributed by atoms with Gasteiger partial charge in [-0.25, -0.2) is 0 Å². The minimum Gasteiger partial charge on any atom is -0.379 e. The number of nitrogens with zero attached hydrogens (tertiary/aromatic N) is 2. The summed E-state index contributed by atoms with van der Waals surface area (Å²) < 4.78 is 5.81. The summed E-state index contributed by atoms with van der Waals surface area (Å²) in [6.45, 7) is 21.7. The molecule has 0 amide bonds. The van der Waals surface area contributed by atoms with Crippen molar-refractivity contribution in [2.24, 2.45) is 0 Å². The van der Waals surface area contributed by atoms with Crippen molar-refractivity contribution in [3.8, 4) is 0 Å². The predicted molar refractivity (Wildman–Crippen MR) is 84.8 cm³/mol. The summed E-state index contributed by atoms with van der Waals surface area (Å²) in [5.41, 5.74) is 0. The van der Waals surface area contributed by atoms with E-state index in [0.29, 0.717) is 24.2 Å². The number of ether oxygens (including phenoxy) is 1. The Morgan fingerprint density at radius 2 is 0.842 bits per heavy atom. The molecule has 0 radical (unpaired) electrons. The highest BCUT2D eigenvalue weighted by molar-refractivity contribution is 4.68. The molecule has 116 valence electrons. The Morgan fingerprint density at radius 1 is 0.579 bits per heavy atom. The zero-order valence-electron chi connectivity index (χ0n) is 14.4. The summed E-state index contributed by atoms with van der Waals surface area (Å²) in [6, 6.07) is 2.36. The van der Waals surface area contributed by atoms with Gasteiger partial charge in [0.25, 0.3) is 0 Å². The second-order valence-electron chi connectivity index (χ2n) is 6.46. The topological polar surface area (TPSA) is 15.7 Å². The molecule has 0 fully saturated rings. The quantitative estimate of drug-likeness (QED) is 0.568. The van der Waals surface area contributed by atoms with Crippen molar-refractivity contribution in [3.63, 3.8) is 0 Å². The van der Waals surface area contributed by atoms with Crippen molar-refractivity contribution in [3.05, 3.63) is 0 Å². The second-order valence-corrected chi connectivity index (χ2v) is 6.46. The smallest absolute Gasteiger partial charge is 0.0594 e. The van der Waals surface area contributed by atoms with Gasteiger partial charge in [-0.3, -0.25) is 9.80 Å². The molecular weight excluding hydrogens is 236 g/mol. The zero-order valence-corrected chi connectivity index (χ0v) is 14.4. The molecule has 0 heterocycles. The largest absolute Gasteiger partial charge is 0.379 e. The average Bonchev–Trinajstić information content (AvgIpc) is 2.25. The molecule has 0 rings (SSSR count). The van der Waals surface area contributed by atoms with Gasteiger partial charge in [-0.05, 0) is 55.4 Å². The van der Waals surface area contributed by atoms with E-state index in [9.17, 15) is 0 Å². The highest BCUT2D eigenvalue weighted by atomic mass is 16.5. The van der Waals surface area contributed by atoms with Crippen LogP contribution in [0.3, 0.4) is 0 Å². The van der Waals surface area contributed by atoms with Gasteiger partial charge in [0.15, 0.2) is 0 Å². The fraction of sp³-hybridized carbons (Fsp3) is 1.00. The van der Waals surface area contributed by atoms with E-state index in [4.69, 9.17) is 4.74 Å². The van der Waals surface area contributed by atoms with Gasteiger partial charge in [0, 0.05) is 37.3 Å². The van der Waals surface area contributed by atoms with Gasteiger partial charge in [0.05, 0.1) is 13.2 Å². The third kappa shape index (κ3) is 7.91. The van der Waals surface area contributed by atoms with Crippen LogP contribution in [0.2, 0.25) is 0 Å². The summed E-state index contributed by atoms with van der Waals surface area (Å²) in [5, 5.41) is 0. The summed E-state index contributed by atoms with van der Waals surface area (Å²) in [7, 11) is 0. The Kier molecular flexibility index (Phi) is 9.67. The molecule has 3 nitrogen and oxygen atoms in total. The maximum atomic E-state index is 5.81. The van der Waals surface area contributed by atoms with Crippen LogP contribution in [0, 0.1) is 0 Å². The molecule has 0 aromatic rings. The first-order valence-corrected chi connectivity index (χ1v) is 7.86. The third-order valence-corrected chi connectivity index (χ3v) is 3.64. The first-order valence-electron chi connectivity index (χ1n) is 7.86. The molecule has 0 aliphatic carbocycles. The van der Waals surface area contributed by atoms with Gasteiger partial charge in [-0.15, -0.1) is 0 Å². The van der Waals surface area contributed by atoms with Crippen molar-refractivity contribution < 1.29 is 4.74 Å². The molecule has 0 saturated heterocycles. The van der Waals surface area contributed by atoms with E-state index in [-0.39, 0.29) is 0 Å². The van der Waals surface area contributed by atoms with Crippen molar-refractivity contribution in [1.29, 1.82) is 0 Å². The Bertz CT molecular complexity index is 177. The van der Waals surface area contributed by atoms with Crippen molar-refractivity contribution >= 4 is 0 Å². The number of rotatable bonds is 10. The van der Waals surface area contributed by atoms with Crippen LogP contribution in [-0.2, 0) is 4.74 Å². The first-order chi connectivity index (χ1) is 8.77. The van der Waals surface area contributed by atoms with Crippen LogP contribution in [0.1, 0.15) is 55.4 Å². The van der Waals surface area contributed by atoms with Gasteiger partial charge in [-0.1, -0.05) is 0 Å². The standard InChI is InChI=1S/C16H36N2O/c1-13(2)17(14(3)4)9-11-19-12-10-18(15(5)6)16(7)8/h13-16H,9-12H2,1-8H3. The monoisotopic (exact) mass is 272 g/mol.